The van der Waals surface area contributed by atoms with E-state index in [-0.39, 0.29) is 5.75 Å². The first-order valence-electron chi connectivity index (χ1n) is 6.92. The molecule has 1 aliphatic rings. The van der Waals surface area contributed by atoms with Crippen molar-refractivity contribution in [3.63, 3.8) is 0 Å². The Bertz CT molecular complexity index is 666. The number of aromatic nitrogens is 3. The molecule has 0 saturated carbocycles. The van der Waals surface area contributed by atoms with Gasteiger partial charge in [-0.25, -0.2) is 9.97 Å². The Labute approximate surface area is 131 Å². The lowest BCUT2D eigenvalue weighted by Crippen LogP contribution is -2.17. The highest BCUT2D eigenvalue weighted by Crippen LogP contribution is 2.34. The standard InChI is InChI=1S/C14H17N3O2S2/c1-9-5-11-13(15-6-9)17(10-3-2-4-20-7-10)14(16-11)21-8-12(18)19/h5-6,10H,2-4,7-8H2,1H3,(H,18,19). The minimum absolute atomic E-state index is 0.0299. The van der Waals surface area contributed by atoms with E-state index in [1.54, 1.807) is 0 Å². The average molecular weight is 323 g/mol. The highest BCUT2D eigenvalue weighted by Gasteiger charge is 2.23. The van der Waals surface area contributed by atoms with Crippen LogP contribution in [0, 0.1) is 6.92 Å². The number of fused-ring (bicyclic) bond motifs is 1. The number of carboxylic acid groups (broad SMARTS) is 1. The minimum Gasteiger partial charge on any atom is -0.481 e. The molecule has 3 heterocycles. The highest BCUT2D eigenvalue weighted by molar-refractivity contribution is 8.00. The fourth-order valence-electron chi connectivity index (χ4n) is 2.55. The summed E-state index contributed by atoms with van der Waals surface area (Å²) >= 11 is 3.23. The number of aryl methyl sites for hydroxylation is 1. The van der Waals surface area contributed by atoms with Crippen molar-refractivity contribution in [2.45, 2.75) is 31.0 Å². The molecule has 21 heavy (non-hydrogen) atoms. The second-order valence-electron chi connectivity index (χ2n) is 5.17. The second-order valence-corrected chi connectivity index (χ2v) is 7.27. The summed E-state index contributed by atoms with van der Waals surface area (Å²) in [6.45, 7) is 1.99. The van der Waals surface area contributed by atoms with Crippen LogP contribution in [0.3, 0.4) is 0 Å². The molecule has 5 nitrogen and oxygen atoms in total. The van der Waals surface area contributed by atoms with E-state index in [9.17, 15) is 4.79 Å². The van der Waals surface area contributed by atoms with Crippen LogP contribution in [0.5, 0.6) is 0 Å². The quantitative estimate of drug-likeness (QED) is 0.873. The highest BCUT2D eigenvalue weighted by atomic mass is 32.2. The summed E-state index contributed by atoms with van der Waals surface area (Å²) in [5.74, 6) is 1.46. The zero-order chi connectivity index (χ0) is 14.8. The zero-order valence-corrected chi connectivity index (χ0v) is 13.4. The van der Waals surface area contributed by atoms with Crippen LogP contribution in [-0.2, 0) is 4.79 Å². The van der Waals surface area contributed by atoms with Gasteiger partial charge >= 0.3 is 5.97 Å². The number of carboxylic acids is 1. The van der Waals surface area contributed by atoms with Crippen LogP contribution in [0.1, 0.15) is 24.4 Å². The summed E-state index contributed by atoms with van der Waals surface area (Å²) < 4.78 is 2.15. The molecule has 1 atom stereocenters. The van der Waals surface area contributed by atoms with Gasteiger partial charge in [0.2, 0.25) is 0 Å². The van der Waals surface area contributed by atoms with Crippen LogP contribution in [0.4, 0.5) is 0 Å². The molecule has 1 aliphatic heterocycles. The zero-order valence-electron chi connectivity index (χ0n) is 11.8. The summed E-state index contributed by atoms with van der Waals surface area (Å²) in [4.78, 5) is 20.0. The number of rotatable bonds is 4. The Morgan fingerprint density at radius 2 is 2.48 bits per heavy atom. The molecule has 0 bridgehead atoms. The van der Waals surface area contributed by atoms with Gasteiger partial charge in [-0.2, -0.15) is 11.8 Å². The number of thioether (sulfide) groups is 2. The SMILES string of the molecule is Cc1cnc2c(c1)nc(SCC(=O)O)n2C1CCCSC1. The number of hydrogen-bond donors (Lipinski definition) is 1. The van der Waals surface area contributed by atoms with Crippen LogP contribution < -0.4 is 0 Å². The maximum absolute atomic E-state index is 10.9. The van der Waals surface area contributed by atoms with Gasteiger partial charge in [-0.15, -0.1) is 0 Å². The van der Waals surface area contributed by atoms with E-state index in [4.69, 9.17) is 5.11 Å². The Morgan fingerprint density at radius 1 is 1.62 bits per heavy atom. The first-order chi connectivity index (χ1) is 10.1. The van der Waals surface area contributed by atoms with Crippen LogP contribution in [0.15, 0.2) is 17.4 Å². The molecule has 3 rings (SSSR count). The van der Waals surface area contributed by atoms with Crippen LogP contribution in [-0.4, -0.2) is 42.9 Å². The Kier molecular flexibility index (Phi) is 4.40. The first kappa shape index (κ1) is 14.7. The third kappa shape index (κ3) is 3.18. The fourth-order valence-corrected chi connectivity index (χ4v) is 4.46. The lowest BCUT2D eigenvalue weighted by atomic mass is 10.2. The van der Waals surface area contributed by atoms with Crippen LogP contribution >= 0.6 is 23.5 Å². The predicted octanol–water partition coefficient (Wildman–Crippen LogP) is 2.98. The average Bonchev–Trinajstić information content (AvgIpc) is 2.83. The van der Waals surface area contributed by atoms with Gasteiger partial charge in [-0.1, -0.05) is 11.8 Å². The van der Waals surface area contributed by atoms with E-state index in [2.05, 4.69) is 14.5 Å². The fraction of sp³-hybridized carbons (Fsp3) is 0.500. The number of carbonyl (C=O) groups is 1. The number of imidazole rings is 1. The monoisotopic (exact) mass is 323 g/mol. The topological polar surface area (TPSA) is 68.0 Å². The first-order valence-corrected chi connectivity index (χ1v) is 9.06. The van der Waals surface area contributed by atoms with Crippen molar-refractivity contribution in [2.75, 3.05) is 17.3 Å². The molecule has 2 aromatic heterocycles. The molecule has 1 saturated heterocycles. The molecular formula is C14H17N3O2S2. The number of pyridine rings is 1. The van der Waals surface area contributed by atoms with Crippen molar-refractivity contribution in [2.24, 2.45) is 0 Å². The Hall–Kier alpha value is -1.21. The van der Waals surface area contributed by atoms with Crippen LogP contribution in [0.2, 0.25) is 0 Å². The maximum Gasteiger partial charge on any atom is 0.313 e. The molecule has 2 aromatic rings. The number of nitrogens with zero attached hydrogens (tertiary/aromatic N) is 3. The Balaban J connectivity index is 2.03. The van der Waals surface area contributed by atoms with Crippen molar-refractivity contribution in [3.8, 4) is 0 Å². The summed E-state index contributed by atoms with van der Waals surface area (Å²) in [7, 11) is 0. The molecule has 0 spiro atoms. The molecule has 1 unspecified atom stereocenters. The minimum atomic E-state index is -0.819. The lowest BCUT2D eigenvalue weighted by molar-refractivity contribution is -0.133. The largest absolute Gasteiger partial charge is 0.481 e. The van der Waals surface area contributed by atoms with Crippen molar-refractivity contribution in [1.82, 2.24) is 14.5 Å². The van der Waals surface area contributed by atoms with Gasteiger partial charge < -0.3 is 5.11 Å². The summed E-state index contributed by atoms with van der Waals surface area (Å²) in [6.07, 6.45) is 4.14. The van der Waals surface area contributed by atoms with Crippen LogP contribution in [0.25, 0.3) is 11.2 Å². The summed E-state index contributed by atoms with van der Waals surface area (Å²) in [5.41, 5.74) is 2.81. The third-order valence-corrected chi connectivity index (χ3v) is 5.60. The van der Waals surface area contributed by atoms with Gasteiger partial charge in [0.25, 0.3) is 0 Å². The maximum atomic E-state index is 10.9. The molecule has 7 heteroatoms. The second kappa shape index (κ2) is 6.27. The van der Waals surface area contributed by atoms with Crippen molar-refractivity contribution >= 4 is 40.7 Å². The number of aliphatic carboxylic acids is 1. The molecule has 0 aromatic carbocycles. The normalized spacial score (nSPS) is 19.0. The Morgan fingerprint density at radius 3 is 3.19 bits per heavy atom. The van der Waals surface area contributed by atoms with Gasteiger partial charge in [0.1, 0.15) is 5.52 Å². The molecule has 0 radical (unpaired) electrons. The predicted molar refractivity (Wildman–Crippen MR) is 86.2 cm³/mol. The molecular weight excluding hydrogens is 306 g/mol. The van der Waals surface area contributed by atoms with E-state index >= 15 is 0 Å². The van der Waals surface area contributed by atoms with E-state index in [0.717, 1.165) is 34.1 Å². The van der Waals surface area contributed by atoms with E-state index in [1.165, 1.54) is 23.9 Å². The van der Waals surface area contributed by atoms with Crippen molar-refractivity contribution in [1.29, 1.82) is 0 Å². The summed E-state index contributed by atoms with van der Waals surface area (Å²) in [6, 6.07) is 2.37. The van der Waals surface area contributed by atoms with Crippen molar-refractivity contribution in [3.05, 3.63) is 17.8 Å². The van der Waals surface area contributed by atoms with Gasteiger partial charge in [0.15, 0.2) is 10.8 Å². The third-order valence-electron chi connectivity index (χ3n) is 3.46. The van der Waals surface area contributed by atoms with E-state index in [1.807, 2.05) is 30.9 Å². The van der Waals surface area contributed by atoms with Gasteiger partial charge in [-0.05, 0) is 37.1 Å². The lowest BCUT2D eigenvalue weighted by Gasteiger charge is -2.24. The van der Waals surface area contributed by atoms with Gasteiger partial charge in [0.05, 0.1) is 5.75 Å². The van der Waals surface area contributed by atoms with E-state index in [0.29, 0.717) is 6.04 Å². The smallest absolute Gasteiger partial charge is 0.313 e. The number of hydrogen-bond acceptors (Lipinski definition) is 5. The molecule has 0 amide bonds. The molecule has 1 N–H and O–H groups in total. The molecule has 1 fully saturated rings. The van der Waals surface area contributed by atoms with Crippen molar-refractivity contribution < 1.29 is 9.90 Å². The molecule has 112 valence electrons. The van der Waals surface area contributed by atoms with Gasteiger partial charge in [0, 0.05) is 18.0 Å². The summed E-state index contributed by atoms with van der Waals surface area (Å²) in [5, 5.41) is 9.69. The molecule has 0 aliphatic carbocycles. The van der Waals surface area contributed by atoms with E-state index < -0.39 is 5.97 Å². The van der Waals surface area contributed by atoms with Gasteiger partial charge in [-0.3, -0.25) is 9.36 Å².